The van der Waals surface area contributed by atoms with Crippen molar-refractivity contribution < 1.29 is 14.3 Å². The summed E-state index contributed by atoms with van der Waals surface area (Å²) in [6.07, 6.45) is 1.51. The highest BCUT2D eigenvalue weighted by atomic mass is 16.5. The van der Waals surface area contributed by atoms with Crippen LogP contribution in [0, 0.1) is 25.2 Å². The van der Waals surface area contributed by atoms with E-state index >= 15 is 0 Å². The van der Waals surface area contributed by atoms with Gasteiger partial charge in [0.2, 0.25) is 0 Å². The van der Waals surface area contributed by atoms with Crippen LogP contribution in [-0.2, 0) is 4.79 Å². The Kier molecular flexibility index (Phi) is 5.80. The van der Waals surface area contributed by atoms with E-state index in [0.29, 0.717) is 22.7 Å². The average Bonchev–Trinajstić information content (AvgIpc) is 2.62. The first-order valence-corrected chi connectivity index (χ1v) is 7.70. The number of carbonyl (C=O) groups excluding carboxylic acids is 1. The third-order valence-electron chi connectivity index (χ3n) is 3.69. The number of anilines is 1. The zero-order valence-corrected chi connectivity index (χ0v) is 14.7. The molecule has 0 aliphatic rings. The molecular weight excluding hydrogens is 316 g/mol. The third-order valence-corrected chi connectivity index (χ3v) is 3.69. The van der Waals surface area contributed by atoms with Gasteiger partial charge >= 0.3 is 0 Å². The number of ether oxygens (including phenoxy) is 2. The molecular formula is C20H20N2O3. The number of nitrogens with zero attached hydrogens (tertiary/aromatic N) is 1. The van der Waals surface area contributed by atoms with Gasteiger partial charge in [-0.1, -0.05) is 12.1 Å². The van der Waals surface area contributed by atoms with Crippen molar-refractivity contribution in [3.05, 3.63) is 58.7 Å². The standard InChI is InChI=1S/C20H20N2O3/c1-13-5-6-14(2)19(7-13)22-20(23)16(12-21)8-15-9-17(24-3)11-18(10-15)25-4/h5-11H,1-4H3,(H,22,23)/b16-8+. The molecule has 2 rings (SSSR count). The first-order valence-electron chi connectivity index (χ1n) is 7.70. The number of rotatable bonds is 5. The molecule has 0 saturated heterocycles. The molecule has 0 fully saturated rings. The minimum Gasteiger partial charge on any atom is -0.497 e. The third kappa shape index (κ3) is 4.61. The van der Waals surface area contributed by atoms with E-state index in [1.165, 1.54) is 6.08 Å². The summed E-state index contributed by atoms with van der Waals surface area (Å²) in [5.41, 5.74) is 3.29. The zero-order chi connectivity index (χ0) is 18.4. The number of amides is 1. The van der Waals surface area contributed by atoms with Crippen molar-refractivity contribution in [2.24, 2.45) is 0 Å². The highest BCUT2D eigenvalue weighted by Gasteiger charge is 2.12. The van der Waals surface area contributed by atoms with E-state index in [2.05, 4.69) is 5.32 Å². The molecule has 1 N–H and O–H groups in total. The lowest BCUT2D eigenvalue weighted by atomic mass is 10.1. The van der Waals surface area contributed by atoms with Crippen molar-refractivity contribution in [3.63, 3.8) is 0 Å². The van der Waals surface area contributed by atoms with Crippen LogP contribution in [0.5, 0.6) is 11.5 Å². The highest BCUT2D eigenvalue weighted by molar-refractivity contribution is 6.10. The molecule has 0 aromatic heterocycles. The molecule has 2 aromatic rings. The summed E-state index contributed by atoms with van der Waals surface area (Å²) >= 11 is 0. The molecule has 0 bridgehead atoms. The minimum atomic E-state index is -0.460. The summed E-state index contributed by atoms with van der Waals surface area (Å²) in [6.45, 7) is 3.84. The minimum absolute atomic E-state index is 0.00351. The van der Waals surface area contributed by atoms with Gasteiger partial charge in [0.25, 0.3) is 5.91 Å². The Labute approximate surface area is 147 Å². The topological polar surface area (TPSA) is 71.3 Å². The molecule has 1 amide bonds. The Morgan fingerprint density at radius 2 is 1.72 bits per heavy atom. The van der Waals surface area contributed by atoms with Crippen molar-refractivity contribution in [1.82, 2.24) is 0 Å². The fourth-order valence-corrected chi connectivity index (χ4v) is 2.29. The van der Waals surface area contributed by atoms with Crippen molar-refractivity contribution in [2.45, 2.75) is 13.8 Å². The maximum absolute atomic E-state index is 12.5. The van der Waals surface area contributed by atoms with E-state index in [0.717, 1.165) is 11.1 Å². The number of carbonyl (C=O) groups is 1. The van der Waals surface area contributed by atoms with Crippen LogP contribution in [0.1, 0.15) is 16.7 Å². The summed E-state index contributed by atoms with van der Waals surface area (Å²) in [5, 5.41) is 12.2. The van der Waals surface area contributed by atoms with Crippen LogP contribution in [0.3, 0.4) is 0 Å². The second kappa shape index (κ2) is 8.02. The normalized spacial score (nSPS) is 10.8. The summed E-state index contributed by atoms with van der Waals surface area (Å²) in [6, 6.07) is 12.9. The molecule has 5 heteroatoms. The summed E-state index contributed by atoms with van der Waals surface area (Å²) in [7, 11) is 3.08. The van der Waals surface area contributed by atoms with E-state index in [-0.39, 0.29) is 5.57 Å². The van der Waals surface area contributed by atoms with Crippen LogP contribution in [0.15, 0.2) is 42.0 Å². The number of benzene rings is 2. The molecule has 0 unspecified atom stereocenters. The smallest absolute Gasteiger partial charge is 0.266 e. The number of methoxy groups -OCH3 is 2. The Morgan fingerprint density at radius 1 is 1.08 bits per heavy atom. The van der Waals surface area contributed by atoms with Crippen LogP contribution in [0.25, 0.3) is 6.08 Å². The highest BCUT2D eigenvalue weighted by Crippen LogP contribution is 2.24. The predicted molar refractivity (Wildman–Crippen MR) is 97.7 cm³/mol. The van der Waals surface area contributed by atoms with Gasteiger partial charge in [0, 0.05) is 11.8 Å². The first kappa shape index (κ1) is 18.1. The molecule has 0 aliphatic heterocycles. The van der Waals surface area contributed by atoms with Crippen LogP contribution in [0.4, 0.5) is 5.69 Å². The van der Waals surface area contributed by atoms with Crippen molar-refractivity contribution >= 4 is 17.7 Å². The van der Waals surface area contributed by atoms with Crippen molar-refractivity contribution in [3.8, 4) is 17.6 Å². The lowest BCUT2D eigenvalue weighted by molar-refractivity contribution is -0.112. The second-order valence-corrected chi connectivity index (χ2v) is 5.59. The van der Waals surface area contributed by atoms with E-state index < -0.39 is 5.91 Å². The lowest BCUT2D eigenvalue weighted by Crippen LogP contribution is -2.14. The summed E-state index contributed by atoms with van der Waals surface area (Å²) in [5.74, 6) is 0.702. The van der Waals surface area contributed by atoms with Crippen molar-refractivity contribution in [2.75, 3.05) is 19.5 Å². The first-order chi connectivity index (χ1) is 12.0. The molecule has 25 heavy (non-hydrogen) atoms. The molecule has 0 aliphatic carbocycles. The van der Waals surface area contributed by atoms with E-state index in [9.17, 15) is 10.1 Å². The molecule has 128 valence electrons. The van der Waals surface area contributed by atoms with Crippen LogP contribution >= 0.6 is 0 Å². The predicted octanol–water partition coefficient (Wildman–Crippen LogP) is 3.87. The van der Waals surface area contributed by atoms with E-state index in [4.69, 9.17) is 9.47 Å². The number of nitriles is 1. The number of aryl methyl sites for hydroxylation is 2. The van der Waals surface area contributed by atoms with E-state index in [1.54, 1.807) is 32.4 Å². The number of hydrogen-bond acceptors (Lipinski definition) is 4. The molecule has 5 nitrogen and oxygen atoms in total. The maximum atomic E-state index is 12.5. The summed E-state index contributed by atoms with van der Waals surface area (Å²) < 4.78 is 10.4. The van der Waals surface area contributed by atoms with Crippen LogP contribution in [-0.4, -0.2) is 20.1 Å². The Morgan fingerprint density at radius 3 is 2.28 bits per heavy atom. The number of hydrogen-bond donors (Lipinski definition) is 1. The molecule has 0 saturated carbocycles. The van der Waals surface area contributed by atoms with Crippen LogP contribution < -0.4 is 14.8 Å². The maximum Gasteiger partial charge on any atom is 0.266 e. The zero-order valence-electron chi connectivity index (χ0n) is 14.7. The van der Waals surface area contributed by atoms with Gasteiger partial charge < -0.3 is 14.8 Å². The van der Waals surface area contributed by atoms with Gasteiger partial charge in [-0.3, -0.25) is 4.79 Å². The molecule has 0 spiro atoms. The van der Waals surface area contributed by atoms with Crippen molar-refractivity contribution in [1.29, 1.82) is 5.26 Å². The number of nitrogens with one attached hydrogen (secondary N) is 1. The Hall–Kier alpha value is -3.26. The van der Waals surface area contributed by atoms with Gasteiger partial charge in [-0.2, -0.15) is 5.26 Å². The lowest BCUT2D eigenvalue weighted by Gasteiger charge is -2.09. The van der Waals surface area contributed by atoms with Gasteiger partial charge in [0.1, 0.15) is 23.1 Å². The van der Waals surface area contributed by atoms with Gasteiger partial charge in [-0.15, -0.1) is 0 Å². The molecule has 0 radical (unpaired) electrons. The largest absolute Gasteiger partial charge is 0.497 e. The van der Waals surface area contributed by atoms with Gasteiger partial charge in [-0.05, 0) is 54.8 Å². The quantitative estimate of drug-likeness (QED) is 0.665. The fraction of sp³-hybridized carbons (Fsp3) is 0.200. The molecule has 0 heterocycles. The Bertz CT molecular complexity index is 841. The van der Waals surface area contributed by atoms with Crippen LogP contribution in [0.2, 0.25) is 0 Å². The monoisotopic (exact) mass is 336 g/mol. The molecule has 2 aromatic carbocycles. The SMILES string of the molecule is COc1cc(/C=C(\C#N)C(=O)Nc2cc(C)ccc2C)cc(OC)c1. The Balaban J connectivity index is 2.32. The average molecular weight is 336 g/mol. The van der Waals surface area contributed by atoms with Gasteiger partial charge in [0.15, 0.2) is 0 Å². The van der Waals surface area contributed by atoms with Gasteiger partial charge in [0.05, 0.1) is 14.2 Å². The van der Waals surface area contributed by atoms with Gasteiger partial charge in [-0.25, -0.2) is 0 Å². The second-order valence-electron chi connectivity index (χ2n) is 5.59. The van der Waals surface area contributed by atoms with E-state index in [1.807, 2.05) is 38.1 Å². The summed E-state index contributed by atoms with van der Waals surface area (Å²) in [4.78, 5) is 12.5. The molecule has 0 atom stereocenters. The fourth-order valence-electron chi connectivity index (χ4n) is 2.29.